The Bertz CT molecular complexity index is 358. The summed E-state index contributed by atoms with van der Waals surface area (Å²) in [5.41, 5.74) is 5.58. The number of piperidine rings is 1. The summed E-state index contributed by atoms with van der Waals surface area (Å²) >= 11 is 0. The molecule has 1 saturated carbocycles. The molecule has 0 aromatic carbocycles. The summed E-state index contributed by atoms with van der Waals surface area (Å²) in [6, 6.07) is -0.0519. The van der Waals surface area contributed by atoms with Crippen molar-refractivity contribution in [2.24, 2.45) is 23.5 Å². The van der Waals surface area contributed by atoms with Gasteiger partial charge in [-0.15, -0.1) is 0 Å². The molecule has 0 bridgehead atoms. The molecule has 1 aliphatic heterocycles. The molecule has 6 heteroatoms. The largest absolute Gasteiger partial charge is 0.469 e. The van der Waals surface area contributed by atoms with Gasteiger partial charge in [0, 0.05) is 12.6 Å². The third kappa shape index (κ3) is 1.82. The Morgan fingerprint density at radius 1 is 1.41 bits per heavy atom. The molecule has 2 amide bonds. The average Bonchev–Trinajstić information content (AvgIpc) is 2.96. The number of methoxy groups -OCH3 is 1. The van der Waals surface area contributed by atoms with Gasteiger partial charge in [-0.05, 0) is 13.3 Å². The Labute approximate surface area is 99.1 Å². The van der Waals surface area contributed by atoms with Gasteiger partial charge in [-0.25, -0.2) is 0 Å². The highest BCUT2D eigenvalue weighted by molar-refractivity contribution is 6.13. The molecular formula is C11H16N2O4. The Kier molecular flexibility index (Phi) is 2.91. The van der Waals surface area contributed by atoms with Crippen LogP contribution in [-0.4, -0.2) is 42.4 Å². The summed E-state index contributed by atoms with van der Waals surface area (Å²) in [7, 11) is 1.26. The van der Waals surface area contributed by atoms with Crippen LogP contribution in [0.5, 0.6) is 0 Å². The van der Waals surface area contributed by atoms with E-state index >= 15 is 0 Å². The number of rotatable bonds is 4. The molecule has 2 N–H and O–H groups in total. The topological polar surface area (TPSA) is 89.7 Å². The lowest BCUT2D eigenvalue weighted by molar-refractivity contribution is -0.150. The maximum Gasteiger partial charge on any atom is 0.310 e. The summed E-state index contributed by atoms with van der Waals surface area (Å²) in [6.45, 7) is 2.17. The van der Waals surface area contributed by atoms with E-state index in [-0.39, 0.29) is 17.9 Å². The maximum absolute atomic E-state index is 11.9. The van der Waals surface area contributed by atoms with E-state index in [4.69, 9.17) is 5.73 Å². The third-order valence-corrected chi connectivity index (χ3v) is 3.40. The Hall–Kier alpha value is -1.43. The first-order chi connectivity index (χ1) is 7.99. The fourth-order valence-electron chi connectivity index (χ4n) is 2.38. The van der Waals surface area contributed by atoms with Crippen molar-refractivity contribution in [2.45, 2.75) is 19.4 Å². The molecular weight excluding hydrogens is 224 g/mol. The summed E-state index contributed by atoms with van der Waals surface area (Å²) < 4.78 is 4.56. The Morgan fingerprint density at radius 3 is 2.35 bits per heavy atom. The molecule has 2 rings (SSSR count). The van der Waals surface area contributed by atoms with Gasteiger partial charge in [0.1, 0.15) is 0 Å². The first-order valence-electron chi connectivity index (χ1n) is 5.67. The zero-order chi connectivity index (χ0) is 12.7. The van der Waals surface area contributed by atoms with Crippen LogP contribution in [0.15, 0.2) is 0 Å². The number of imide groups is 1. The van der Waals surface area contributed by atoms with Gasteiger partial charge >= 0.3 is 5.97 Å². The molecule has 0 aromatic heterocycles. The van der Waals surface area contributed by atoms with Crippen molar-refractivity contribution in [1.82, 2.24) is 4.90 Å². The molecule has 0 radical (unpaired) electrons. The van der Waals surface area contributed by atoms with Crippen LogP contribution >= 0.6 is 0 Å². The van der Waals surface area contributed by atoms with Crippen molar-refractivity contribution in [3.63, 3.8) is 0 Å². The lowest BCUT2D eigenvalue weighted by Crippen LogP contribution is -2.38. The van der Waals surface area contributed by atoms with Crippen LogP contribution in [0, 0.1) is 17.8 Å². The predicted molar refractivity (Wildman–Crippen MR) is 57.5 cm³/mol. The Balaban J connectivity index is 1.99. The molecule has 1 saturated heterocycles. The fraction of sp³-hybridized carbons (Fsp3) is 0.727. The number of hydrogen-bond donors (Lipinski definition) is 1. The molecule has 1 heterocycles. The van der Waals surface area contributed by atoms with E-state index in [2.05, 4.69) is 4.74 Å². The monoisotopic (exact) mass is 240 g/mol. The molecule has 2 fully saturated rings. The lowest BCUT2D eigenvalue weighted by Gasteiger charge is -2.18. The highest BCUT2D eigenvalue weighted by Crippen LogP contribution is 2.53. The highest BCUT2D eigenvalue weighted by Gasteiger charge is 2.70. The Morgan fingerprint density at radius 2 is 1.94 bits per heavy atom. The number of fused-ring (bicyclic) bond motifs is 1. The van der Waals surface area contributed by atoms with Crippen LogP contribution < -0.4 is 5.73 Å². The molecule has 2 aliphatic rings. The van der Waals surface area contributed by atoms with E-state index in [1.54, 1.807) is 0 Å². The van der Waals surface area contributed by atoms with Crippen molar-refractivity contribution in [2.75, 3.05) is 13.7 Å². The second-order valence-electron chi connectivity index (χ2n) is 4.69. The van der Waals surface area contributed by atoms with Crippen LogP contribution in [0.3, 0.4) is 0 Å². The van der Waals surface area contributed by atoms with E-state index in [0.29, 0.717) is 13.0 Å². The average molecular weight is 240 g/mol. The van der Waals surface area contributed by atoms with Crippen molar-refractivity contribution >= 4 is 17.8 Å². The second kappa shape index (κ2) is 4.10. The lowest BCUT2D eigenvalue weighted by atomic mass is 10.2. The van der Waals surface area contributed by atoms with Gasteiger partial charge in [-0.3, -0.25) is 19.3 Å². The van der Waals surface area contributed by atoms with Gasteiger partial charge in [0.05, 0.1) is 24.9 Å². The number of likely N-dealkylation sites (tertiary alicyclic amines) is 1. The summed E-state index contributed by atoms with van der Waals surface area (Å²) in [6.07, 6.45) is 0.583. The maximum atomic E-state index is 11.9. The van der Waals surface area contributed by atoms with Gasteiger partial charge in [0.25, 0.3) is 0 Å². The fourth-order valence-corrected chi connectivity index (χ4v) is 2.38. The third-order valence-electron chi connectivity index (χ3n) is 3.40. The molecule has 94 valence electrons. The standard InChI is InChI=1S/C11H16N2O4/c1-5(12)3-4-13-9(14)6-7(10(13)15)8(6)11(16)17-2/h5-8H,3-4,12H2,1-2H3. The molecule has 0 spiro atoms. The van der Waals surface area contributed by atoms with E-state index in [9.17, 15) is 14.4 Å². The highest BCUT2D eigenvalue weighted by atomic mass is 16.5. The van der Waals surface area contributed by atoms with Gasteiger partial charge in [0.2, 0.25) is 11.8 Å². The van der Waals surface area contributed by atoms with Crippen molar-refractivity contribution in [3.05, 3.63) is 0 Å². The first kappa shape index (κ1) is 12.0. The van der Waals surface area contributed by atoms with Crippen LogP contribution in [0.1, 0.15) is 13.3 Å². The first-order valence-corrected chi connectivity index (χ1v) is 5.67. The van der Waals surface area contributed by atoms with E-state index in [0.717, 1.165) is 0 Å². The SMILES string of the molecule is COC(=O)C1C2C(=O)N(CCC(C)N)C(=O)C12. The van der Waals surface area contributed by atoms with E-state index in [1.165, 1.54) is 12.0 Å². The van der Waals surface area contributed by atoms with E-state index < -0.39 is 23.7 Å². The number of ether oxygens (including phenoxy) is 1. The number of hydrogen-bond acceptors (Lipinski definition) is 5. The van der Waals surface area contributed by atoms with Crippen molar-refractivity contribution in [1.29, 1.82) is 0 Å². The molecule has 3 unspecified atom stereocenters. The minimum atomic E-state index is -0.549. The molecule has 6 nitrogen and oxygen atoms in total. The van der Waals surface area contributed by atoms with E-state index in [1.807, 2.05) is 6.92 Å². The number of carbonyl (C=O) groups is 3. The van der Waals surface area contributed by atoms with Crippen LogP contribution in [0.25, 0.3) is 0 Å². The molecule has 1 aliphatic carbocycles. The van der Waals surface area contributed by atoms with Crippen molar-refractivity contribution in [3.8, 4) is 0 Å². The van der Waals surface area contributed by atoms with Crippen LogP contribution in [0.2, 0.25) is 0 Å². The number of nitrogens with two attached hydrogens (primary N) is 1. The summed E-state index contributed by atoms with van der Waals surface area (Å²) in [5, 5.41) is 0. The smallest absolute Gasteiger partial charge is 0.310 e. The summed E-state index contributed by atoms with van der Waals surface area (Å²) in [5.74, 6) is -2.49. The van der Waals surface area contributed by atoms with Gasteiger partial charge in [0.15, 0.2) is 0 Å². The summed E-state index contributed by atoms with van der Waals surface area (Å²) in [4.78, 5) is 36.2. The van der Waals surface area contributed by atoms with Gasteiger partial charge < -0.3 is 10.5 Å². The van der Waals surface area contributed by atoms with Crippen LogP contribution in [-0.2, 0) is 19.1 Å². The minimum absolute atomic E-state index is 0.0519. The second-order valence-corrected chi connectivity index (χ2v) is 4.69. The normalized spacial score (nSPS) is 32.4. The quantitative estimate of drug-likeness (QED) is 0.509. The van der Waals surface area contributed by atoms with Crippen LogP contribution in [0.4, 0.5) is 0 Å². The van der Waals surface area contributed by atoms with Gasteiger partial charge in [-0.2, -0.15) is 0 Å². The molecule has 0 aromatic rings. The van der Waals surface area contributed by atoms with Crippen molar-refractivity contribution < 1.29 is 19.1 Å². The minimum Gasteiger partial charge on any atom is -0.469 e. The number of amides is 2. The predicted octanol–water partition coefficient (Wildman–Crippen LogP) is -0.872. The number of carbonyl (C=O) groups excluding carboxylic acids is 3. The van der Waals surface area contributed by atoms with Gasteiger partial charge in [-0.1, -0.05) is 0 Å². The zero-order valence-electron chi connectivity index (χ0n) is 9.88. The molecule has 17 heavy (non-hydrogen) atoms. The molecule has 3 atom stereocenters. The zero-order valence-corrected chi connectivity index (χ0v) is 9.88. The number of nitrogens with zero attached hydrogens (tertiary/aromatic N) is 1. The number of esters is 1.